The van der Waals surface area contributed by atoms with Gasteiger partial charge in [-0.3, -0.25) is 0 Å². The topological polar surface area (TPSA) is 64.4 Å². The third kappa shape index (κ3) is 2.30. The second kappa shape index (κ2) is 5.52. The number of carboxylic acids is 1. The number of nitrogens with zero attached hydrogens (tertiary/aromatic N) is 2. The van der Waals surface area contributed by atoms with Crippen molar-refractivity contribution in [2.45, 2.75) is 13.5 Å². The van der Waals surface area contributed by atoms with Gasteiger partial charge in [0.25, 0.3) is 0 Å². The van der Waals surface area contributed by atoms with Crippen molar-refractivity contribution in [3.8, 4) is 17.1 Å². The van der Waals surface area contributed by atoms with E-state index in [2.05, 4.69) is 4.98 Å². The molecule has 0 aliphatic heterocycles. The van der Waals surface area contributed by atoms with Crippen LogP contribution in [0.25, 0.3) is 22.4 Å². The van der Waals surface area contributed by atoms with Crippen LogP contribution in [0.15, 0.2) is 42.5 Å². The molecule has 0 atom stereocenters. The SMILES string of the molecule is CCn1c(-c2ccc(OC)cc2)nc2ccc(C(=O)O)cc21. The van der Waals surface area contributed by atoms with Crippen LogP contribution >= 0.6 is 0 Å². The summed E-state index contributed by atoms with van der Waals surface area (Å²) < 4.78 is 7.19. The van der Waals surface area contributed by atoms with Crippen molar-refractivity contribution in [3.05, 3.63) is 48.0 Å². The van der Waals surface area contributed by atoms with Gasteiger partial charge < -0.3 is 14.4 Å². The standard InChI is InChI=1S/C17H16N2O3/c1-3-19-15-10-12(17(20)21)6-9-14(15)18-16(19)11-4-7-13(22-2)8-5-11/h4-10H,3H2,1-2H3,(H,20,21). The van der Waals surface area contributed by atoms with Crippen LogP contribution in [0.2, 0.25) is 0 Å². The van der Waals surface area contributed by atoms with Crippen LogP contribution < -0.4 is 4.74 Å². The first-order valence-corrected chi connectivity index (χ1v) is 7.02. The third-order valence-corrected chi connectivity index (χ3v) is 3.66. The van der Waals surface area contributed by atoms with Crippen LogP contribution in [0.1, 0.15) is 17.3 Å². The van der Waals surface area contributed by atoms with Gasteiger partial charge in [0, 0.05) is 12.1 Å². The Hall–Kier alpha value is -2.82. The maximum atomic E-state index is 11.1. The largest absolute Gasteiger partial charge is 0.497 e. The zero-order chi connectivity index (χ0) is 15.7. The lowest BCUT2D eigenvalue weighted by Crippen LogP contribution is -1.99. The van der Waals surface area contributed by atoms with E-state index in [1.807, 2.05) is 35.8 Å². The Morgan fingerprint density at radius 3 is 2.55 bits per heavy atom. The molecule has 2 aromatic carbocycles. The lowest BCUT2D eigenvalue weighted by molar-refractivity contribution is 0.0697. The van der Waals surface area contributed by atoms with Gasteiger partial charge >= 0.3 is 5.97 Å². The maximum Gasteiger partial charge on any atom is 0.335 e. The molecule has 5 nitrogen and oxygen atoms in total. The summed E-state index contributed by atoms with van der Waals surface area (Å²) in [4.78, 5) is 15.8. The second-order valence-electron chi connectivity index (χ2n) is 4.92. The summed E-state index contributed by atoms with van der Waals surface area (Å²) in [5, 5.41) is 9.15. The Bertz CT molecular complexity index is 835. The Kier molecular flexibility index (Phi) is 3.55. The predicted octanol–water partition coefficient (Wildman–Crippen LogP) is 3.43. The molecule has 5 heteroatoms. The van der Waals surface area contributed by atoms with Crippen LogP contribution in [-0.4, -0.2) is 27.7 Å². The minimum absolute atomic E-state index is 0.267. The number of fused-ring (bicyclic) bond motifs is 1. The Labute approximate surface area is 127 Å². The van der Waals surface area contributed by atoms with E-state index in [1.165, 1.54) is 0 Å². The highest BCUT2D eigenvalue weighted by Crippen LogP contribution is 2.27. The van der Waals surface area contributed by atoms with Gasteiger partial charge in [0.05, 0.1) is 23.7 Å². The Morgan fingerprint density at radius 2 is 1.95 bits per heavy atom. The molecule has 0 aliphatic carbocycles. The van der Waals surface area contributed by atoms with E-state index in [9.17, 15) is 4.79 Å². The molecule has 3 rings (SSSR count). The molecule has 3 aromatic rings. The first kappa shape index (κ1) is 14.1. The zero-order valence-electron chi connectivity index (χ0n) is 12.4. The van der Waals surface area contributed by atoms with Crippen molar-refractivity contribution in [2.24, 2.45) is 0 Å². The number of ether oxygens (including phenoxy) is 1. The summed E-state index contributed by atoms with van der Waals surface area (Å²) >= 11 is 0. The van der Waals surface area contributed by atoms with Crippen LogP contribution in [0.3, 0.4) is 0 Å². The van der Waals surface area contributed by atoms with Gasteiger partial charge in [-0.1, -0.05) is 0 Å². The van der Waals surface area contributed by atoms with Crippen molar-refractivity contribution in [1.82, 2.24) is 9.55 Å². The van der Waals surface area contributed by atoms with Gasteiger partial charge in [-0.25, -0.2) is 9.78 Å². The lowest BCUT2D eigenvalue weighted by Gasteiger charge is -2.07. The highest BCUT2D eigenvalue weighted by molar-refractivity contribution is 5.93. The molecule has 0 amide bonds. The number of carboxylic acid groups (broad SMARTS) is 1. The molecule has 0 aliphatic rings. The number of aromatic carboxylic acids is 1. The fourth-order valence-electron chi connectivity index (χ4n) is 2.54. The average Bonchev–Trinajstić information content (AvgIpc) is 2.92. The highest BCUT2D eigenvalue weighted by atomic mass is 16.5. The molecule has 0 saturated heterocycles. The molecule has 0 fully saturated rings. The van der Waals surface area contributed by atoms with E-state index in [4.69, 9.17) is 9.84 Å². The second-order valence-corrected chi connectivity index (χ2v) is 4.92. The van der Waals surface area contributed by atoms with Crippen LogP contribution in [0, 0.1) is 0 Å². The van der Waals surface area contributed by atoms with Gasteiger partial charge in [0.2, 0.25) is 0 Å². The summed E-state index contributed by atoms with van der Waals surface area (Å²) in [7, 11) is 1.63. The molecule has 1 aromatic heterocycles. The molecule has 0 unspecified atom stereocenters. The number of rotatable bonds is 4. The van der Waals surface area contributed by atoms with Gasteiger partial charge in [-0.15, -0.1) is 0 Å². The molecule has 112 valence electrons. The molecular weight excluding hydrogens is 280 g/mol. The maximum absolute atomic E-state index is 11.1. The smallest absolute Gasteiger partial charge is 0.335 e. The molecule has 1 N–H and O–H groups in total. The van der Waals surface area contributed by atoms with E-state index in [-0.39, 0.29) is 5.56 Å². The highest BCUT2D eigenvalue weighted by Gasteiger charge is 2.13. The first-order valence-electron chi connectivity index (χ1n) is 7.02. The normalized spacial score (nSPS) is 10.8. The fourth-order valence-corrected chi connectivity index (χ4v) is 2.54. The Balaban J connectivity index is 2.18. The minimum atomic E-state index is -0.934. The predicted molar refractivity (Wildman–Crippen MR) is 84.4 cm³/mol. The average molecular weight is 296 g/mol. The van der Waals surface area contributed by atoms with E-state index < -0.39 is 5.97 Å². The quantitative estimate of drug-likeness (QED) is 0.801. The van der Waals surface area contributed by atoms with E-state index in [0.29, 0.717) is 6.54 Å². The van der Waals surface area contributed by atoms with E-state index in [0.717, 1.165) is 28.2 Å². The molecule has 0 radical (unpaired) electrons. The van der Waals surface area contributed by atoms with Crippen molar-refractivity contribution >= 4 is 17.0 Å². The van der Waals surface area contributed by atoms with Gasteiger partial charge in [0.15, 0.2) is 0 Å². The molecular formula is C17H16N2O3. The van der Waals surface area contributed by atoms with Crippen molar-refractivity contribution in [1.29, 1.82) is 0 Å². The number of imidazole rings is 1. The van der Waals surface area contributed by atoms with Crippen molar-refractivity contribution in [3.63, 3.8) is 0 Å². The van der Waals surface area contributed by atoms with Crippen LogP contribution in [0.4, 0.5) is 0 Å². The third-order valence-electron chi connectivity index (χ3n) is 3.66. The zero-order valence-corrected chi connectivity index (χ0v) is 12.4. The molecule has 22 heavy (non-hydrogen) atoms. The lowest BCUT2D eigenvalue weighted by atomic mass is 10.2. The van der Waals surface area contributed by atoms with Crippen molar-refractivity contribution < 1.29 is 14.6 Å². The van der Waals surface area contributed by atoms with Crippen LogP contribution in [-0.2, 0) is 6.54 Å². The van der Waals surface area contributed by atoms with Gasteiger partial charge in [-0.2, -0.15) is 0 Å². The summed E-state index contributed by atoms with van der Waals surface area (Å²) in [5.41, 5.74) is 2.85. The summed E-state index contributed by atoms with van der Waals surface area (Å²) in [6, 6.07) is 12.7. The number of methoxy groups -OCH3 is 1. The number of aromatic nitrogens is 2. The minimum Gasteiger partial charge on any atom is -0.497 e. The van der Waals surface area contributed by atoms with Crippen molar-refractivity contribution in [2.75, 3.05) is 7.11 Å². The Morgan fingerprint density at radius 1 is 1.23 bits per heavy atom. The number of hydrogen-bond acceptors (Lipinski definition) is 3. The number of carbonyl (C=O) groups is 1. The molecule has 0 bridgehead atoms. The number of hydrogen-bond donors (Lipinski definition) is 1. The number of aryl methyl sites for hydroxylation is 1. The van der Waals surface area contributed by atoms with Crippen LogP contribution in [0.5, 0.6) is 5.75 Å². The summed E-state index contributed by atoms with van der Waals surface area (Å²) in [5.74, 6) is 0.676. The summed E-state index contributed by atoms with van der Waals surface area (Å²) in [6.45, 7) is 2.72. The van der Waals surface area contributed by atoms with Gasteiger partial charge in [-0.05, 0) is 49.4 Å². The van der Waals surface area contributed by atoms with E-state index in [1.54, 1.807) is 25.3 Å². The molecule has 0 spiro atoms. The summed E-state index contributed by atoms with van der Waals surface area (Å²) in [6.07, 6.45) is 0. The molecule has 0 saturated carbocycles. The monoisotopic (exact) mass is 296 g/mol. The van der Waals surface area contributed by atoms with Gasteiger partial charge in [0.1, 0.15) is 11.6 Å². The number of benzene rings is 2. The first-order chi connectivity index (χ1) is 10.6. The fraction of sp³-hybridized carbons (Fsp3) is 0.176. The molecule has 1 heterocycles. The van der Waals surface area contributed by atoms with E-state index >= 15 is 0 Å².